The monoisotopic (exact) mass is 216 g/mol. The van der Waals surface area contributed by atoms with Crippen molar-refractivity contribution in [1.29, 1.82) is 0 Å². The summed E-state index contributed by atoms with van der Waals surface area (Å²) >= 11 is 2.06. The first-order valence-electron chi connectivity index (χ1n) is 5.46. The van der Waals surface area contributed by atoms with Gasteiger partial charge in [-0.05, 0) is 19.2 Å². The molecule has 2 fully saturated rings. The molecular weight excluding hydrogens is 196 g/mol. The predicted molar refractivity (Wildman–Crippen MR) is 61.0 cm³/mol. The van der Waals surface area contributed by atoms with Crippen molar-refractivity contribution in [2.75, 3.05) is 44.8 Å². The lowest BCUT2D eigenvalue weighted by molar-refractivity contribution is -0.0189. The van der Waals surface area contributed by atoms with E-state index in [0.29, 0.717) is 6.10 Å². The lowest BCUT2D eigenvalue weighted by atomic mass is 10.2. The maximum absolute atomic E-state index is 5.70. The first-order valence-corrected chi connectivity index (χ1v) is 6.61. The van der Waals surface area contributed by atoms with Crippen LogP contribution in [-0.2, 0) is 4.74 Å². The van der Waals surface area contributed by atoms with Gasteiger partial charge in [0.15, 0.2) is 0 Å². The summed E-state index contributed by atoms with van der Waals surface area (Å²) in [6, 6.07) is 0.732. The molecule has 0 amide bonds. The minimum absolute atomic E-state index is 0.402. The normalized spacial score (nSPS) is 34.9. The van der Waals surface area contributed by atoms with Gasteiger partial charge in [-0.2, -0.15) is 11.8 Å². The standard InChI is InChI=1S/C10H20N2OS/c1-12-3-4-13-10(7-12)6-11-9-2-5-14-8-9/h9-11H,2-8H2,1H3/t9-,10+/m1/s1. The van der Waals surface area contributed by atoms with Crippen molar-refractivity contribution in [3.8, 4) is 0 Å². The van der Waals surface area contributed by atoms with E-state index in [-0.39, 0.29) is 0 Å². The summed E-state index contributed by atoms with van der Waals surface area (Å²) < 4.78 is 5.70. The molecule has 0 spiro atoms. The van der Waals surface area contributed by atoms with Gasteiger partial charge in [-0.15, -0.1) is 0 Å². The quantitative estimate of drug-likeness (QED) is 0.738. The second kappa shape index (κ2) is 5.35. The Morgan fingerprint density at radius 1 is 1.57 bits per heavy atom. The SMILES string of the molecule is CN1CCO[C@@H](CN[C@@H]2CCSC2)C1. The molecule has 1 N–H and O–H groups in total. The third-order valence-corrected chi connectivity index (χ3v) is 4.07. The van der Waals surface area contributed by atoms with Crippen LogP contribution < -0.4 is 5.32 Å². The van der Waals surface area contributed by atoms with Crippen LogP contribution in [0.5, 0.6) is 0 Å². The summed E-state index contributed by atoms with van der Waals surface area (Å²) in [6.07, 6.45) is 1.73. The average molecular weight is 216 g/mol. The van der Waals surface area contributed by atoms with Gasteiger partial charge >= 0.3 is 0 Å². The van der Waals surface area contributed by atoms with Crippen LogP contribution in [-0.4, -0.2) is 61.8 Å². The summed E-state index contributed by atoms with van der Waals surface area (Å²) in [4.78, 5) is 2.35. The van der Waals surface area contributed by atoms with Gasteiger partial charge in [-0.1, -0.05) is 0 Å². The number of morpholine rings is 1. The molecule has 0 saturated carbocycles. The van der Waals surface area contributed by atoms with Crippen molar-refractivity contribution >= 4 is 11.8 Å². The summed E-state index contributed by atoms with van der Waals surface area (Å²) in [5.74, 6) is 2.60. The molecule has 14 heavy (non-hydrogen) atoms. The van der Waals surface area contributed by atoms with Gasteiger partial charge in [0.2, 0.25) is 0 Å². The van der Waals surface area contributed by atoms with Gasteiger partial charge in [0.1, 0.15) is 0 Å². The van der Waals surface area contributed by atoms with Gasteiger partial charge < -0.3 is 15.0 Å². The van der Waals surface area contributed by atoms with Gasteiger partial charge in [-0.25, -0.2) is 0 Å². The fraction of sp³-hybridized carbons (Fsp3) is 1.00. The molecule has 4 heteroatoms. The second-order valence-corrected chi connectivity index (χ2v) is 5.37. The molecule has 0 unspecified atom stereocenters. The predicted octanol–water partition coefficient (Wildman–Crippen LogP) is 0.412. The fourth-order valence-corrected chi connectivity index (χ4v) is 3.17. The van der Waals surface area contributed by atoms with Crippen molar-refractivity contribution < 1.29 is 4.74 Å². The van der Waals surface area contributed by atoms with E-state index in [9.17, 15) is 0 Å². The van der Waals surface area contributed by atoms with E-state index in [1.165, 1.54) is 17.9 Å². The van der Waals surface area contributed by atoms with Crippen LogP contribution in [0, 0.1) is 0 Å². The Labute approximate surface area is 90.6 Å². The Bertz CT molecular complexity index is 174. The first kappa shape index (κ1) is 10.7. The number of nitrogens with one attached hydrogen (secondary N) is 1. The molecule has 0 aromatic heterocycles. The molecular formula is C10H20N2OS. The first-order chi connectivity index (χ1) is 6.84. The lowest BCUT2D eigenvalue weighted by Crippen LogP contribution is -2.46. The number of rotatable bonds is 3. The summed E-state index contributed by atoms with van der Waals surface area (Å²) in [5, 5.41) is 3.60. The Balaban J connectivity index is 1.64. The van der Waals surface area contributed by atoms with Crippen LogP contribution >= 0.6 is 11.8 Å². The highest BCUT2D eigenvalue weighted by Gasteiger charge is 2.20. The zero-order valence-corrected chi connectivity index (χ0v) is 9.68. The van der Waals surface area contributed by atoms with Gasteiger partial charge in [0, 0.05) is 31.4 Å². The summed E-state index contributed by atoms with van der Waals surface area (Å²) in [7, 11) is 2.17. The number of nitrogens with zero attached hydrogens (tertiary/aromatic N) is 1. The van der Waals surface area contributed by atoms with E-state index >= 15 is 0 Å². The molecule has 0 aromatic carbocycles. The number of likely N-dealkylation sites (N-methyl/N-ethyl adjacent to an activating group) is 1. The van der Waals surface area contributed by atoms with E-state index in [1.54, 1.807) is 0 Å². The molecule has 0 aliphatic carbocycles. The number of thioether (sulfide) groups is 1. The van der Waals surface area contributed by atoms with Crippen molar-refractivity contribution in [2.24, 2.45) is 0 Å². The van der Waals surface area contributed by atoms with Gasteiger partial charge in [-0.3, -0.25) is 0 Å². The van der Waals surface area contributed by atoms with Crippen molar-refractivity contribution in [1.82, 2.24) is 10.2 Å². The van der Waals surface area contributed by atoms with Crippen LogP contribution in [0.1, 0.15) is 6.42 Å². The highest BCUT2D eigenvalue weighted by Crippen LogP contribution is 2.17. The third-order valence-electron chi connectivity index (χ3n) is 2.91. The summed E-state index contributed by atoms with van der Waals surface area (Å²) in [6.45, 7) is 4.07. The summed E-state index contributed by atoms with van der Waals surface area (Å²) in [5.41, 5.74) is 0. The zero-order chi connectivity index (χ0) is 9.80. The highest BCUT2D eigenvalue weighted by atomic mass is 32.2. The molecule has 0 bridgehead atoms. The van der Waals surface area contributed by atoms with Crippen LogP contribution in [0.3, 0.4) is 0 Å². The lowest BCUT2D eigenvalue weighted by Gasteiger charge is -2.30. The maximum atomic E-state index is 5.70. The van der Waals surface area contributed by atoms with Crippen molar-refractivity contribution in [3.63, 3.8) is 0 Å². The molecule has 0 radical (unpaired) electrons. The Morgan fingerprint density at radius 3 is 3.21 bits per heavy atom. The van der Waals surface area contributed by atoms with Gasteiger partial charge in [0.25, 0.3) is 0 Å². The third kappa shape index (κ3) is 3.12. The molecule has 0 aromatic rings. The van der Waals surface area contributed by atoms with Crippen molar-refractivity contribution in [2.45, 2.75) is 18.6 Å². The van der Waals surface area contributed by atoms with Crippen molar-refractivity contribution in [3.05, 3.63) is 0 Å². The van der Waals surface area contributed by atoms with Crippen LogP contribution in [0.25, 0.3) is 0 Å². The highest BCUT2D eigenvalue weighted by molar-refractivity contribution is 7.99. The molecule has 2 saturated heterocycles. The number of hydrogen-bond acceptors (Lipinski definition) is 4. The zero-order valence-electron chi connectivity index (χ0n) is 8.87. The van der Waals surface area contributed by atoms with E-state index in [2.05, 4.69) is 29.0 Å². The Kier molecular flexibility index (Phi) is 4.10. The Hall–Kier alpha value is 0.230. The largest absolute Gasteiger partial charge is 0.374 e. The fourth-order valence-electron chi connectivity index (χ4n) is 1.98. The molecule has 3 nitrogen and oxygen atoms in total. The van der Waals surface area contributed by atoms with Crippen LogP contribution in [0.2, 0.25) is 0 Å². The molecule has 82 valence electrons. The van der Waals surface area contributed by atoms with Crippen LogP contribution in [0.15, 0.2) is 0 Å². The smallest absolute Gasteiger partial charge is 0.0826 e. The maximum Gasteiger partial charge on any atom is 0.0826 e. The van der Waals surface area contributed by atoms with Crippen LogP contribution in [0.4, 0.5) is 0 Å². The molecule has 2 atom stereocenters. The molecule has 2 heterocycles. The minimum atomic E-state index is 0.402. The Morgan fingerprint density at radius 2 is 2.50 bits per heavy atom. The number of hydrogen-bond donors (Lipinski definition) is 1. The molecule has 2 aliphatic rings. The minimum Gasteiger partial charge on any atom is -0.374 e. The van der Waals surface area contributed by atoms with E-state index in [0.717, 1.165) is 32.3 Å². The van der Waals surface area contributed by atoms with Gasteiger partial charge in [0.05, 0.1) is 12.7 Å². The van der Waals surface area contributed by atoms with E-state index < -0.39 is 0 Å². The topological polar surface area (TPSA) is 24.5 Å². The van der Waals surface area contributed by atoms with E-state index in [4.69, 9.17) is 4.74 Å². The second-order valence-electron chi connectivity index (χ2n) is 4.22. The molecule has 2 rings (SSSR count). The molecule has 2 aliphatic heterocycles. The average Bonchev–Trinajstić information content (AvgIpc) is 2.67. The van der Waals surface area contributed by atoms with E-state index in [1.807, 2.05) is 0 Å². The number of ether oxygens (including phenoxy) is 1.